The molecule has 3 aromatic rings. The number of ether oxygens (including phenoxy) is 1. The monoisotopic (exact) mass is 478 g/mol. The van der Waals surface area contributed by atoms with Gasteiger partial charge in [0.05, 0.1) is 23.8 Å². The predicted octanol–water partition coefficient (Wildman–Crippen LogP) is 3.46. The van der Waals surface area contributed by atoms with E-state index in [1.54, 1.807) is 25.4 Å². The zero-order valence-corrected chi connectivity index (χ0v) is 18.6. The molecule has 0 saturated carbocycles. The number of likely N-dealkylation sites (tertiary alicyclic amines) is 1. The topological polar surface area (TPSA) is 112 Å². The Morgan fingerprint density at radius 2 is 2.06 bits per heavy atom. The predicted molar refractivity (Wildman–Crippen MR) is 120 cm³/mol. The summed E-state index contributed by atoms with van der Waals surface area (Å²) >= 11 is 12.3. The van der Waals surface area contributed by atoms with Crippen LogP contribution in [0.3, 0.4) is 0 Å². The molecule has 32 heavy (non-hydrogen) atoms. The summed E-state index contributed by atoms with van der Waals surface area (Å²) in [6.45, 7) is 3.34. The first-order valence-electron chi connectivity index (χ1n) is 9.83. The number of aromatic nitrogens is 3. The molecule has 0 spiro atoms. The zero-order valence-electron chi connectivity index (χ0n) is 17.1. The molecule has 0 radical (unpaired) electrons. The van der Waals surface area contributed by atoms with Crippen molar-refractivity contribution in [1.29, 1.82) is 0 Å². The minimum absolute atomic E-state index is 0.0974. The van der Waals surface area contributed by atoms with E-state index in [4.69, 9.17) is 39.4 Å². The van der Waals surface area contributed by atoms with Gasteiger partial charge in [-0.2, -0.15) is 5.10 Å². The molecule has 3 heterocycles. The molecule has 8 nitrogen and oxygen atoms in total. The molecule has 0 bridgehead atoms. The Kier molecular flexibility index (Phi) is 6.23. The smallest absolute Gasteiger partial charge is 0.231 e. The second-order valence-electron chi connectivity index (χ2n) is 7.65. The quantitative estimate of drug-likeness (QED) is 0.502. The maximum atomic E-state index is 13.9. The molecule has 1 saturated heterocycles. The Morgan fingerprint density at radius 1 is 1.31 bits per heavy atom. The number of carbonyl (C=O) groups excluding carboxylic acids is 1. The van der Waals surface area contributed by atoms with Crippen molar-refractivity contribution in [2.75, 3.05) is 25.4 Å². The third-order valence-corrected chi connectivity index (χ3v) is 6.01. The summed E-state index contributed by atoms with van der Waals surface area (Å²) in [7, 11) is 0. The molecular weight excluding hydrogens is 458 g/mol. The van der Waals surface area contributed by atoms with E-state index in [1.165, 1.54) is 12.1 Å². The minimum atomic E-state index is -0.668. The zero-order chi connectivity index (χ0) is 23.0. The average Bonchev–Trinajstić information content (AvgIpc) is 3.18. The van der Waals surface area contributed by atoms with E-state index in [-0.39, 0.29) is 29.3 Å². The van der Waals surface area contributed by atoms with Gasteiger partial charge in [0, 0.05) is 47.2 Å². The van der Waals surface area contributed by atoms with Gasteiger partial charge in [-0.3, -0.25) is 14.4 Å². The van der Waals surface area contributed by atoms with E-state index in [9.17, 15) is 9.18 Å². The summed E-state index contributed by atoms with van der Waals surface area (Å²) in [6, 6.07) is 4.53. The first-order chi connectivity index (χ1) is 15.2. The first-order valence-corrected chi connectivity index (χ1v) is 10.6. The van der Waals surface area contributed by atoms with Gasteiger partial charge in [-0.05, 0) is 25.1 Å². The highest BCUT2D eigenvalue weighted by molar-refractivity contribution is 6.36. The lowest BCUT2D eigenvalue weighted by molar-refractivity contribution is -0.120. The number of anilines is 1. The van der Waals surface area contributed by atoms with Crippen molar-refractivity contribution in [1.82, 2.24) is 19.7 Å². The normalized spacial score (nSPS) is 15.4. The maximum absolute atomic E-state index is 13.9. The number of halogens is 3. The number of hydrogen-bond donors (Lipinski definition) is 2. The van der Waals surface area contributed by atoms with Gasteiger partial charge in [-0.25, -0.2) is 9.37 Å². The fraction of sp³-hybridized carbons (Fsp3) is 0.286. The molecule has 1 atom stereocenters. The Morgan fingerprint density at radius 3 is 2.78 bits per heavy atom. The van der Waals surface area contributed by atoms with Crippen LogP contribution in [0, 0.1) is 5.82 Å². The fourth-order valence-electron chi connectivity index (χ4n) is 3.62. The molecule has 1 fully saturated rings. The number of rotatable bonds is 7. The van der Waals surface area contributed by atoms with Crippen LogP contribution in [0.4, 0.5) is 10.2 Å². The molecule has 4 rings (SSSR count). The summed E-state index contributed by atoms with van der Waals surface area (Å²) in [5.41, 5.74) is 13.1. The number of carbonyl (C=O) groups is 1. The summed E-state index contributed by atoms with van der Waals surface area (Å²) in [4.78, 5) is 17.2. The van der Waals surface area contributed by atoms with E-state index < -0.39 is 11.9 Å². The van der Waals surface area contributed by atoms with E-state index >= 15 is 0 Å². The second-order valence-corrected chi connectivity index (χ2v) is 8.43. The van der Waals surface area contributed by atoms with Crippen LogP contribution in [0.1, 0.15) is 24.6 Å². The highest BCUT2D eigenvalue weighted by Gasteiger charge is 2.29. The Hall–Kier alpha value is -2.88. The number of benzene rings is 1. The van der Waals surface area contributed by atoms with Crippen molar-refractivity contribution >= 4 is 34.9 Å². The van der Waals surface area contributed by atoms with E-state index in [0.29, 0.717) is 29.4 Å². The summed E-state index contributed by atoms with van der Waals surface area (Å²) in [6.07, 6.45) is 4.57. The van der Waals surface area contributed by atoms with Crippen molar-refractivity contribution < 1.29 is 13.9 Å². The third kappa shape index (κ3) is 4.50. The van der Waals surface area contributed by atoms with Crippen LogP contribution in [0.2, 0.25) is 10.0 Å². The number of hydrogen-bond acceptors (Lipinski definition) is 6. The molecule has 1 aliphatic heterocycles. The molecule has 1 aromatic carbocycles. The van der Waals surface area contributed by atoms with Gasteiger partial charge in [-0.15, -0.1) is 0 Å². The third-order valence-electron chi connectivity index (χ3n) is 5.30. The number of nitrogen functional groups attached to an aromatic ring is 1. The summed E-state index contributed by atoms with van der Waals surface area (Å²) in [5.74, 6) is -0.438. The standard InChI is InChI=1S/C21H21Cl2FN6O2/c1-11(19-15(22)2-3-16(24)20(19)23)32-17-4-12(5-27-21(17)26)13-6-28-30(7-13)14-8-29(9-14)10-18(25)31/h2-7,11,14H,8-10H2,1H3,(H2,25,31)(H2,26,27). The summed E-state index contributed by atoms with van der Waals surface area (Å²) < 4.78 is 21.7. The van der Waals surface area contributed by atoms with Gasteiger partial charge in [0.25, 0.3) is 0 Å². The number of amides is 1. The molecule has 0 aliphatic carbocycles. The van der Waals surface area contributed by atoms with Crippen molar-refractivity contribution in [3.8, 4) is 16.9 Å². The Balaban J connectivity index is 1.51. The van der Waals surface area contributed by atoms with E-state index in [2.05, 4.69) is 10.1 Å². The number of nitrogens with zero attached hydrogens (tertiary/aromatic N) is 4. The molecule has 1 unspecified atom stereocenters. The molecular formula is C21H21Cl2FN6O2. The molecule has 168 valence electrons. The Labute approximate surface area is 193 Å². The number of primary amides is 1. The molecule has 1 amide bonds. The second kappa shape index (κ2) is 8.93. The van der Waals surface area contributed by atoms with Crippen LogP contribution in [-0.4, -0.2) is 45.2 Å². The highest BCUT2D eigenvalue weighted by atomic mass is 35.5. The lowest BCUT2D eigenvalue weighted by atomic mass is 10.1. The van der Waals surface area contributed by atoms with Crippen molar-refractivity contribution in [3.05, 3.63) is 58.2 Å². The first kappa shape index (κ1) is 22.3. The molecule has 1 aliphatic rings. The van der Waals surface area contributed by atoms with E-state index in [1.807, 2.05) is 15.8 Å². The van der Waals surface area contributed by atoms with Gasteiger partial charge < -0.3 is 16.2 Å². The van der Waals surface area contributed by atoms with Gasteiger partial charge in [0.2, 0.25) is 5.91 Å². The van der Waals surface area contributed by atoms with Crippen molar-refractivity contribution in [2.45, 2.75) is 19.1 Å². The number of nitrogens with two attached hydrogens (primary N) is 2. The minimum Gasteiger partial charge on any atom is -0.482 e. The van der Waals surface area contributed by atoms with Gasteiger partial charge in [0.15, 0.2) is 11.6 Å². The lowest BCUT2D eigenvalue weighted by Crippen LogP contribution is -2.50. The van der Waals surface area contributed by atoms with E-state index in [0.717, 1.165) is 11.1 Å². The molecule has 2 aromatic heterocycles. The molecule has 11 heteroatoms. The van der Waals surface area contributed by atoms with Crippen LogP contribution < -0.4 is 16.2 Å². The van der Waals surface area contributed by atoms with Crippen LogP contribution in [0.25, 0.3) is 11.1 Å². The van der Waals surface area contributed by atoms with Crippen LogP contribution in [0.5, 0.6) is 5.75 Å². The van der Waals surface area contributed by atoms with Gasteiger partial charge in [0.1, 0.15) is 11.9 Å². The van der Waals surface area contributed by atoms with Gasteiger partial charge in [-0.1, -0.05) is 23.2 Å². The van der Waals surface area contributed by atoms with Gasteiger partial charge >= 0.3 is 0 Å². The van der Waals surface area contributed by atoms with Crippen molar-refractivity contribution in [3.63, 3.8) is 0 Å². The van der Waals surface area contributed by atoms with Crippen LogP contribution >= 0.6 is 23.2 Å². The fourth-order valence-corrected chi connectivity index (χ4v) is 4.30. The largest absolute Gasteiger partial charge is 0.482 e. The lowest BCUT2D eigenvalue weighted by Gasteiger charge is -2.38. The Bertz CT molecular complexity index is 1170. The molecule has 4 N–H and O–H groups in total. The SMILES string of the molecule is CC(Oc1cc(-c2cnn(C3CN(CC(N)=O)C3)c2)cnc1N)c1c(Cl)ccc(F)c1Cl. The highest BCUT2D eigenvalue weighted by Crippen LogP contribution is 2.37. The van der Waals surface area contributed by atoms with Crippen molar-refractivity contribution in [2.24, 2.45) is 5.73 Å². The average molecular weight is 479 g/mol. The maximum Gasteiger partial charge on any atom is 0.231 e. The summed E-state index contributed by atoms with van der Waals surface area (Å²) in [5, 5.41) is 4.61. The number of pyridine rings is 1. The van der Waals surface area contributed by atoms with Crippen LogP contribution in [-0.2, 0) is 4.79 Å². The van der Waals surface area contributed by atoms with Crippen LogP contribution in [0.15, 0.2) is 36.8 Å².